The van der Waals surface area contributed by atoms with Gasteiger partial charge in [-0.3, -0.25) is 4.79 Å². The molecule has 1 aromatic heterocycles. The third kappa shape index (κ3) is 3.71. The second-order valence-corrected chi connectivity index (χ2v) is 9.13. The van der Waals surface area contributed by atoms with Crippen molar-refractivity contribution in [1.82, 2.24) is 10.6 Å². The monoisotopic (exact) mass is 379 g/mol. The van der Waals surface area contributed by atoms with Crippen molar-refractivity contribution in [2.75, 3.05) is 13.1 Å². The van der Waals surface area contributed by atoms with Gasteiger partial charge >= 0.3 is 0 Å². The quantitative estimate of drug-likeness (QED) is 0.731. The number of carbonyl (C=O) groups is 1. The van der Waals surface area contributed by atoms with Crippen molar-refractivity contribution in [1.29, 1.82) is 0 Å². The summed E-state index contributed by atoms with van der Waals surface area (Å²) in [5, 5.41) is 11.4. The van der Waals surface area contributed by atoms with Crippen molar-refractivity contribution in [3.05, 3.63) is 17.0 Å². The molecule has 6 nitrogen and oxygen atoms in total. The Balaban J connectivity index is 0.00000192. The van der Waals surface area contributed by atoms with Gasteiger partial charge in [-0.2, -0.15) is 0 Å². The van der Waals surface area contributed by atoms with Crippen molar-refractivity contribution in [3.63, 3.8) is 0 Å². The van der Waals surface area contributed by atoms with Gasteiger partial charge in [0.1, 0.15) is 4.21 Å². The van der Waals surface area contributed by atoms with E-state index >= 15 is 0 Å². The summed E-state index contributed by atoms with van der Waals surface area (Å²) in [6.45, 7) is 2.02. The molecule has 0 spiro atoms. The molecule has 1 amide bonds. The Kier molecular flexibility index (Phi) is 5.73. The van der Waals surface area contributed by atoms with Crippen LogP contribution in [0.2, 0.25) is 0 Å². The first-order valence-corrected chi connectivity index (χ1v) is 9.89. The van der Waals surface area contributed by atoms with E-state index in [2.05, 4.69) is 10.6 Å². The standard InChI is InChI=1S/C14H21N3O3S2.ClH/c15-22(19,20)12-5-4-11(21-12)8-17-13(18)14-6-2-1-3-10(14)7-16-9-14;/h4-5,10,16H,1-3,6-9H2,(H,17,18)(H2,15,19,20);1H/t10-,14+;/m0./s1. The molecule has 3 rings (SSSR count). The van der Waals surface area contributed by atoms with Crippen LogP contribution in [0.15, 0.2) is 16.3 Å². The first-order valence-electron chi connectivity index (χ1n) is 7.52. The van der Waals surface area contributed by atoms with Gasteiger partial charge in [-0.15, -0.1) is 23.7 Å². The number of hydrogen-bond acceptors (Lipinski definition) is 5. The first kappa shape index (κ1) is 18.7. The summed E-state index contributed by atoms with van der Waals surface area (Å²) in [7, 11) is -3.66. The average Bonchev–Trinajstić information content (AvgIpc) is 3.11. The van der Waals surface area contributed by atoms with E-state index in [1.165, 1.54) is 12.5 Å². The molecule has 9 heteroatoms. The molecule has 1 aromatic rings. The zero-order valence-corrected chi connectivity index (χ0v) is 15.2. The summed E-state index contributed by atoms with van der Waals surface area (Å²) < 4.78 is 22.7. The highest BCUT2D eigenvalue weighted by Crippen LogP contribution is 2.43. The van der Waals surface area contributed by atoms with Crippen molar-refractivity contribution in [2.45, 2.75) is 36.4 Å². The van der Waals surface area contributed by atoms with Crippen LogP contribution in [0, 0.1) is 11.3 Å². The zero-order valence-electron chi connectivity index (χ0n) is 12.7. The number of rotatable bonds is 4. The molecule has 23 heavy (non-hydrogen) atoms. The molecular formula is C14H22ClN3O3S2. The van der Waals surface area contributed by atoms with Crippen molar-refractivity contribution < 1.29 is 13.2 Å². The van der Waals surface area contributed by atoms with Crippen molar-refractivity contribution in [2.24, 2.45) is 16.5 Å². The van der Waals surface area contributed by atoms with Crippen molar-refractivity contribution >= 4 is 39.7 Å². The summed E-state index contributed by atoms with van der Waals surface area (Å²) >= 11 is 1.11. The molecule has 2 fully saturated rings. The van der Waals surface area contributed by atoms with Crippen LogP contribution in [0.1, 0.15) is 30.6 Å². The Bertz CT molecular complexity index is 677. The first-order chi connectivity index (χ1) is 10.4. The molecule has 0 aromatic carbocycles. The molecular weight excluding hydrogens is 358 g/mol. The van der Waals surface area contributed by atoms with Crippen LogP contribution in [-0.4, -0.2) is 27.4 Å². The van der Waals surface area contributed by atoms with Crippen molar-refractivity contribution in [3.8, 4) is 0 Å². The lowest BCUT2D eigenvalue weighted by Gasteiger charge is -2.37. The van der Waals surface area contributed by atoms with E-state index in [1.807, 2.05) is 0 Å². The summed E-state index contributed by atoms with van der Waals surface area (Å²) in [5.74, 6) is 0.511. The molecule has 4 N–H and O–H groups in total. The van der Waals surface area contributed by atoms with E-state index in [0.717, 1.165) is 48.6 Å². The number of fused-ring (bicyclic) bond motifs is 1. The lowest BCUT2D eigenvalue weighted by molar-refractivity contribution is -0.134. The van der Waals surface area contributed by atoms with E-state index < -0.39 is 10.0 Å². The highest BCUT2D eigenvalue weighted by atomic mass is 35.5. The highest BCUT2D eigenvalue weighted by molar-refractivity contribution is 7.91. The number of hydrogen-bond donors (Lipinski definition) is 3. The maximum Gasteiger partial charge on any atom is 0.247 e. The number of thiophene rings is 1. The molecule has 0 unspecified atom stereocenters. The van der Waals surface area contributed by atoms with Crippen LogP contribution in [0.5, 0.6) is 0 Å². The van der Waals surface area contributed by atoms with E-state index in [-0.39, 0.29) is 27.9 Å². The van der Waals surface area contributed by atoms with E-state index in [9.17, 15) is 13.2 Å². The molecule has 130 valence electrons. The predicted octanol–water partition coefficient (Wildman–Crippen LogP) is 1.21. The van der Waals surface area contributed by atoms with Gasteiger partial charge in [0.2, 0.25) is 15.9 Å². The van der Waals surface area contributed by atoms with Gasteiger partial charge in [-0.1, -0.05) is 12.8 Å². The number of primary sulfonamides is 1. The van der Waals surface area contributed by atoms with Crippen LogP contribution in [-0.2, 0) is 21.4 Å². The molecule has 2 heterocycles. The molecule has 2 aliphatic rings. The van der Waals surface area contributed by atoms with E-state index in [0.29, 0.717) is 12.5 Å². The normalized spacial score (nSPS) is 27.1. The fourth-order valence-electron chi connectivity index (χ4n) is 3.64. The second-order valence-electron chi connectivity index (χ2n) is 6.18. The van der Waals surface area contributed by atoms with Gasteiger partial charge in [0, 0.05) is 11.4 Å². The number of halogens is 1. The smallest absolute Gasteiger partial charge is 0.247 e. The van der Waals surface area contributed by atoms with E-state index in [4.69, 9.17) is 5.14 Å². The summed E-state index contributed by atoms with van der Waals surface area (Å²) in [6, 6.07) is 3.19. The average molecular weight is 380 g/mol. The Morgan fingerprint density at radius 2 is 2.22 bits per heavy atom. The number of sulfonamides is 1. The van der Waals surface area contributed by atoms with Crippen LogP contribution < -0.4 is 15.8 Å². The Labute approximate surface area is 146 Å². The third-order valence-corrected chi connectivity index (χ3v) is 7.35. The lowest BCUT2D eigenvalue weighted by Crippen LogP contribution is -2.47. The number of nitrogens with two attached hydrogens (primary N) is 1. The number of nitrogens with one attached hydrogen (secondary N) is 2. The Morgan fingerprint density at radius 3 is 2.91 bits per heavy atom. The maximum absolute atomic E-state index is 12.7. The Morgan fingerprint density at radius 1 is 1.43 bits per heavy atom. The number of amides is 1. The minimum absolute atomic E-state index is 0. The molecule has 2 atom stereocenters. The Hall–Kier alpha value is -0.670. The zero-order chi connectivity index (χ0) is 15.8. The molecule has 1 aliphatic heterocycles. The van der Waals surface area contributed by atoms with Crippen LogP contribution >= 0.6 is 23.7 Å². The summed E-state index contributed by atoms with van der Waals surface area (Å²) in [4.78, 5) is 13.5. The summed E-state index contributed by atoms with van der Waals surface area (Å²) in [6.07, 6.45) is 4.34. The molecule has 0 radical (unpaired) electrons. The minimum atomic E-state index is -3.66. The minimum Gasteiger partial charge on any atom is -0.351 e. The fourth-order valence-corrected chi connectivity index (χ4v) is 5.36. The van der Waals surface area contributed by atoms with Gasteiger partial charge < -0.3 is 10.6 Å². The largest absolute Gasteiger partial charge is 0.351 e. The lowest BCUT2D eigenvalue weighted by atomic mass is 9.67. The van der Waals surface area contributed by atoms with Crippen LogP contribution in [0.3, 0.4) is 0 Å². The third-order valence-electron chi connectivity index (χ3n) is 4.83. The van der Waals surface area contributed by atoms with E-state index in [1.54, 1.807) is 6.07 Å². The molecule has 1 aliphatic carbocycles. The molecule has 1 saturated carbocycles. The van der Waals surface area contributed by atoms with Crippen LogP contribution in [0.25, 0.3) is 0 Å². The number of carbonyl (C=O) groups excluding carboxylic acids is 1. The van der Waals surface area contributed by atoms with Gasteiger partial charge in [-0.25, -0.2) is 13.6 Å². The van der Waals surface area contributed by atoms with Gasteiger partial charge in [0.25, 0.3) is 0 Å². The van der Waals surface area contributed by atoms with Gasteiger partial charge in [0.05, 0.1) is 12.0 Å². The van der Waals surface area contributed by atoms with Gasteiger partial charge in [-0.05, 0) is 37.4 Å². The topological polar surface area (TPSA) is 101 Å². The SMILES string of the molecule is Cl.NS(=O)(=O)c1ccc(CNC(=O)[C@@]23CCCC[C@H]2CNC3)s1. The molecule has 1 saturated heterocycles. The maximum atomic E-state index is 12.7. The predicted molar refractivity (Wildman–Crippen MR) is 92.0 cm³/mol. The highest BCUT2D eigenvalue weighted by Gasteiger charge is 2.49. The van der Waals surface area contributed by atoms with Crippen LogP contribution in [0.4, 0.5) is 0 Å². The fraction of sp³-hybridized carbons (Fsp3) is 0.643. The van der Waals surface area contributed by atoms with Gasteiger partial charge in [0.15, 0.2) is 0 Å². The molecule has 0 bridgehead atoms. The summed E-state index contributed by atoms with van der Waals surface area (Å²) in [5.41, 5.74) is -0.279. The second kappa shape index (κ2) is 7.06.